The predicted octanol–water partition coefficient (Wildman–Crippen LogP) is -0.408. The van der Waals surface area contributed by atoms with Crippen LogP contribution in [0.5, 0.6) is 0 Å². The molecule has 1 unspecified atom stereocenters. The molecule has 17 heteroatoms. The Labute approximate surface area is 213 Å². The summed E-state index contributed by atoms with van der Waals surface area (Å²) in [5, 5.41) is 19.1. The van der Waals surface area contributed by atoms with Crippen molar-refractivity contribution in [3.8, 4) is 0 Å². The molecule has 1 fully saturated rings. The summed E-state index contributed by atoms with van der Waals surface area (Å²) in [5.74, 6) is 2.16. The molecule has 2 amide bonds. The number of benzene rings is 1. The number of aryl methyl sites for hydroxylation is 1. The van der Waals surface area contributed by atoms with Crippen LogP contribution in [-0.4, -0.2) is 82.2 Å². The van der Waals surface area contributed by atoms with Gasteiger partial charge in [-0.15, -0.1) is 11.8 Å². The van der Waals surface area contributed by atoms with Crippen molar-refractivity contribution >= 4 is 63.0 Å². The lowest BCUT2D eigenvalue weighted by Crippen LogP contribution is -2.71. The minimum absolute atomic E-state index is 0.161. The summed E-state index contributed by atoms with van der Waals surface area (Å²) < 4.78 is 31.6. The zero-order valence-corrected chi connectivity index (χ0v) is 21.2. The van der Waals surface area contributed by atoms with E-state index in [-0.39, 0.29) is 27.8 Å². The number of carbonyl (C=O) groups excluding carboxylic acids is 2. The van der Waals surface area contributed by atoms with E-state index in [1.807, 2.05) is 0 Å². The number of hydrogen-bond donors (Lipinski definition) is 3. The number of rotatable bonds is 8. The first-order chi connectivity index (χ1) is 17.0. The van der Waals surface area contributed by atoms with Gasteiger partial charge in [0.05, 0.1) is 11.5 Å². The highest BCUT2D eigenvalue weighted by atomic mass is 32.2. The number of fused-ring (bicyclic) bond motifs is 1. The van der Waals surface area contributed by atoms with E-state index in [4.69, 9.17) is 14.9 Å². The maximum Gasteiger partial charge on any atom is 0.356 e. The number of carbonyl (C=O) groups is 3. The van der Waals surface area contributed by atoms with E-state index in [1.54, 1.807) is 19.1 Å². The van der Waals surface area contributed by atoms with Crippen LogP contribution in [0.15, 0.2) is 50.9 Å². The number of carboxylic acid groups (broad SMARTS) is 1. The number of carboxylic acids is 1. The smallest absolute Gasteiger partial charge is 0.356 e. The predicted molar refractivity (Wildman–Crippen MR) is 129 cm³/mol. The Morgan fingerprint density at radius 1 is 1.28 bits per heavy atom. The lowest BCUT2D eigenvalue weighted by molar-refractivity contribution is -0.150. The summed E-state index contributed by atoms with van der Waals surface area (Å²) in [4.78, 5) is 43.1. The molecule has 0 saturated carbocycles. The second-order valence-electron chi connectivity index (χ2n) is 7.53. The van der Waals surface area contributed by atoms with Crippen LogP contribution in [0.4, 0.5) is 0 Å². The maximum atomic E-state index is 12.9. The monoisotopic (exact) mass is 556 g/mol. The summed E-state index contributed by atoms with van der Waals surface area (Å²) in [6.07, 6.45) is 0. The van der Waals surface area contributed by atoms with E-state index in [9.17, 15) is 27.9 Å². The number of aliphatic carboxylic acids is 1. The van der Waals surface area contributed by atoms with Crippen molar-refractivity contribution in [1.29, 1.82) is 0 Å². The summed E-state index contributed by atoms with van der Waals surface area (Å²) in [7, 11) is -3.11. The highest BCUT2D eigenvalue weighted by Crippen LogP contribution is 2.41. The van der Waals surface area contributed by atoms with Gasteiger partial charge >= 0.3 is 16.1 Å². The minimum Gasteiger partial charge on any atom is -0.476 e. The van der Waals surface area contributed by atoms with Crippen molar-refractivity contribution in [3.05, 3.63) is 41.3 Å². The van der Waals surface area contributed by atoms with Crippen molar-refractivity contribution in [3.63, 3.8) is 0 Å². The molecule has 1 aromatic carbocycles. The van der Waals surface area contributed by atoms with E-state index in [1.165, 1.54) is 19.2 Å². The van der Waals surface area contributed by atoms with Crippen LogP contribution in [0, 0.1) is 6.92 Å². The topological polar surface area (TPSA) is 193 Å². The molecule has 0 bridgehead atoms. The van der Waals surface area contributed by atoms with E-state index >= 15 is 0 Å². The molecule has 3 aliphatic heterocycles. The van der Waals surface area contributed by atoms with Gasteiger partial charge in [-0.3, -0.25) is 14.5 Å². The van der Waals surface area contributed by atoms with Crippen molar-refractivity contribution in [2.45, 2.75) is 23.2 Å². The summed E-state index contributed by atoms with van der Waals surface area (Å²) in [6.45, 7) is 1.78. The van der Waals surface area contributed by atoms with Crippen LogP contribution in [0.1, 0.15) is 5.56 Å². The third-order valence-corrected chi connectivity index (χ3v) is 8.44. The molecule has 0 aliphatic carbocycles. The number of hydrogen-bond acceptors (Lipinski definition) is 13. The van der Waals surface area contributed by atoms with Gasteiger partial charge in [0.2, 0.25) is 0 Å². The van der Waals surface area contributed by atoms with Gasteiger partial charge in [0.15, 0.2) is 17.2 Å². The number of nitrogens with one attached hydrogen (secondary N) is 1. The number of nitrogens with zero attached hydrogens (tertiary/aromatic N) is 4. The van der Waals surface area contributed by atoms with Crippen molar-refractivity contribution in [2.24, 2.45) is 16.1 Å². The summed E-state index contributed by atoms with van der Waals surface area (Å²) >= 11 is 2.16. The van der Waals surface area contributed by atoms with Gasteiger partial charge in [0.1, 0.15) is 29.1 Å². The molecule has 1 aromatic rings. The molecule has 0 radical (unpaired) electrons. The third-order valence-electron chi connectivity index (χ3n) is 5.17. The van der Waals surface area contributed by atoms with E-state index in [0.29, 0.717) is 0 Å². The van der Waals surface area contributed by atoms with Crippen LogP contribution in [-0.2, 0) is 33.5 Å². The second-order valence-corrected chi connectivity index (χ2v) is 11.1. The van der Waals surface area contributed by atoms with Gasteiger partial charge in [0, 0.05) is 0 Å². The van der Waals surface area contributed by atoms with Crippen LogP contribution >= 0.6 is 23.7 Å². The van der Waals surface area contributed by atoms with Crippen molar-refractivity contribution in [1.82, 2.24) is 14.7 Å². The zero-order chi connectivity index (χ0) is 26.2. The highest BCUT2D eigenvalue weighted by Gasteiger charge is 2.55. The molecular formula is C19H20N6O8S3. The molecule has 14 nitrogen and oxygen atoms in total. The van der Waals surface area contributed by atoms with E-state index in [2.05, 4.69) is 15.6 Å². The fraction of sp³-hybridized carbons (Fsp3) is 0.316. The molecule has 3 aliphatic rings. The standard InChI is InChI=1S/C19H20N6O8S3/c1-9-3-5-10(6-4-9)36(30,31)33-12-8-34-18-14(17(27)24(18)15(12)19(28)29)21-16(26)13(23-32-2)11-7-35-25(20)22-11/h3-6,14,18H,7-8,20H2,1-2H3,(H,21,26)(H,28,29)/t14?,18-/m0/s1. The zero-order valence-electron chi connectivity index (χ0n) is 18.8. The maximum absolute atomic E-state index is 12.9. The Kier molecular flexibility index (Phi) is 7.17. The average molecular weight is 557 g/mol. The highest BCUT2D eigenvalue weighted by molar-refractivity contribution is 8.00. The van der Waals surface area contributed by atoms with Gasteiger partial charge in [-0.05, 0) is 31.0 Å². The molecule has 192 valence electrons. The Bertz CT molecular complexity index is 1310. The van der Waals surface area contributed by atoms with Gasteiger partial charge in [-0.2, -0.15) is 18.0 Å². The van der Waals surface area contributed by atoms with Crippen LogP contribution < -0.4 is 11.2 Å². The molecule has 4 N–H and O–H groups in total. The molecule has 0 aromatic heterocycles. The molecule has 1 saturated heterocycles. The lowest BCUT2D eigenvalue weighted by atomic mass is 10.0. The van der Waals surface area contributed by atoms with Crippen LogP contribution in [0.2, 0.25) is 0 Å². The molecule has 2 atom stereocenters. The van der Waals surface area contributed by atoms with Gasteiger partial charge < -0.3 is 19.4 Å². The molecule has 4 rings (SSSR count). The van der Waals surface area contributed by atoms with Crippen LogP contribution in [0.3, 0.4) is 0 Å². The Morgan fingerprint density at radius 3 is 2.56 bits per heavy atom. The number of β-lactam (4-membered cyclic amide) rings is 1. The SMILES string of the molecule is CON=C(C(=O)NC1C(=O)N2C(C(=O)O)=C(OS(=O)(=O)c3ccc(C)cc3)CS[C@@H]12)C1=NN(N)SC1. The van der Waals surface area contributed by atoms with Crippen molar-refractivity contribution in [2.75, 3.05) is 18.6 Å². The number of hydrazine groups is 1. The summed E-state index contributed by atoms with van der Waals surface area (Å²) in [6, 6.07) is 4.71. The number of nitrogens with two attached hydrogens (primary N) is 1. The van der Waals surface area contributed by atoms with Gasteiger partial charge in [-0.1, -0.05) is 22.9 Å². The molecule has 36 heavy (non-hydrogen) atoms. The van der Waals surface area contributed by atoms with Gasteiger partial charge in [-0.25, -0.2) is 10.6 Å². The quantitative estimate of drug-likeness (QED) is 0.0937. The second kappa shape index (κ2) is 10.00. The number of thioether (sulfide) groups is 1. The number of amides is 2. The fourth-order valence-corrected chi connectivity index (χ4v) is 6.39. The van der Waals surface area contributed by atoms with Crippen molar-refractivity contribution < 1.29 is 36.9 Å². The Balaban J connectivity index is 1.54. The molecular weight excluding hydrogens is 536 g/mol. The third kappa shape index (κ3) is 4.86. The first kappa shape index (κ1) is 25.8. The minimum atomic E-state index is -4.34. The average Bonchev–Trinajstić information content (AvgIpc) is 3.26. The van der Waals surface area contributed by atoms with E-state index in [0.717, 1.165) is 38.7 Å². The van der Waals surface area contributed by atoms with Gasteiger partial charge in [0.25, 0.3) is 11.8 Å². The lowest BCUT2D eigenvalue weighted by Gasteiger charge is -2.48. The normalized spacial score (nSPS) is 22.0. The molecule has 3 heterocycles. The first-order valence-electron chi connectivity index (χ1n) is 10.1. The summed E-state index contributed by atoms with van der Waals surface area (Å²) in [5.41, 5.74) is 0.260. The fourth-order valence-electron chi connectivity index (χ4n) is 3.49. The largest absolute Gasteiger partial charge is 0.476 e. The van der Waals surface area contributed by atoms with Crippen LogP contribution in [0.25, 0.3) is 0 Å². The first-order valence-corrected chi connectivity index (χ1v) is 13.5. The van der Waals surface area contributed by atoms with E-state index < -0.39 is 50.8 Å². The molecule has 0 spiro atoms. The Morgan fingerprint density at radius 2 is 1.97 bits per heavy atom. The number of hydrazone groups is 1. The Hall–Kier alpha value is -3.28. The number of oxime groups is 1.